The molecule has 1 saturated heterocycles. The maximum Gasteiger partial charge on any atom is 0.262 e. The fourth-order valence-corrected chi connectivity index (χ4v) is 3.56. The van der Waals surface area contributed by atoms with Crippen molar-refractivity contribution in [2.75, 3.05) is 45.2 Å². The summed E-state index contributed by atoms with van der Waals surface area (Å²) in [5.74, 6) is 0.667. The maximum absolute atomic E-state index is 12.9. The van der Waals surface area contributed by atoms with Crippen molar-refractivity contribution in [3.8, 4) is 0 Å². The van der Waals surface area contributed by atoms with Gasteiger partial charge in [-0.05, 0) is 43.9 Å². The van der Waals surface area contributed by atoms with Gasteiger partial charge in [-0.3, -0.25) is 9.59 Å². The highest BCUT2D eigenvalue weighted by Crippen LogP contribution is 2.16. The third-order valence-corrected chi connectivity index (χ3v) is 5.04. The Morgan fingerprint density at radius 2 is 1.93 bits per heavy atom. The van der Waals surface area contributed by atoms with Crippen LogP contribution >= 0.6 is 0 Å². The minimum absolute atomic E-state index is 0.158. The first-order valence-electron chi connectivity index (χ1n) is 9.63. The number of anilines is 1. The summed E-state index contributed by atoms with van der Waals surface area (Å²) in [6.45, 7) is 3.30. The normalized spacial score (nSPS) is 14.6. The number of aromatic nitrogens is 3. The fourth-order valence-electron chi connectivity index (χ4n) is 3.56. The summed E-state index contributed by atoms with van der Waals surface area (Å²) in [7, 11) is 4.06. The van der Waals surface area contributed by atoms with Crippen LogP contribution in [-0.4, -0.2) is 70.9 Å². The molecule has 150 valence electrons. The lowest BCUT2D eigenvalue weighted by Crippen LogP contribution is -2.49. The minimum Gasteiger partial charge on any atom is -0.353 e. The second-order valence-electron chi connectivity index (χ2n) is 7.50. The van der Waals surface area contributed by atoms with E-state index in [1.807, 2.05) is 32.4 Å². The largest absolute Gasteiger partial charge is 0.353 e. The third-order valence-electron chi connectivity index (χ3n) is 5.04. The summed E-state index contributed by atoms with van der Waals surface area (Å²) in [4.78, 5) is 42.6. The molecule has 1 fully saturated rings. The van der Waals surface area contributed by atoms with E-state index in [9.17, 15) is 9.59 Å². The molecule has 4 heterocycles. The smallest absolute Gasteiger partial charge is 0.262 e. The van der Waals surface area contributed by atoms with Gasteiger partial charge in [0.1, 0.15) is 17.0 Å². The van der Waals surface area contributed by atoms with Gasteiger partial charge in [0.25, 0.3) is 11.5 Å². The second-order valence-corrected chi connectivity index (χ2v) is 7.50. The number of nitrogens with one attached hydrogen (secondary N) is 1. The van der Waals surface area contributed by atoms with E-state index in [1.165, 1.54) is 0 Å². The van der Waals surface area contributed by atoms with Crippen molar-refractivity contribution in [1.29, 1.82) is 0 Å². The Kier molecular flexibility index (Phi) is 5.26. The number of pyridine rings is 3. The van der Waals surface area contributed by atoms with Crippen LogP contribution < -0.4 is 10.5 Å². The molecule has 0 radical (unpaired) electrons. The summed E-state index contributed by atoms with van der Waals surface area (Å²) < 4.78 is 0. The predicted octanol–water partition coefficient (Wildman–Crippen LogP) is 1.34. The van der Waals surface area contributed by atoms with Crippen LogP contribution in [0.1, 0.15) is 15.9 Å². The Hall–Kier alpha value is -3.26. The summed E-state index contributed by atoms with van der Waals surface area (Å²) >= 11 is 0. The zero-order chi connectivity index (χ0) is 20.4. The molecule has 29 heavy (non-hydrogen) atoms. The number of hydrogen-bond donors (Lipinski definition) is 1. The van der Waals surface area contributed by atoms with Crippen LogP contribution in [0.4, 0.5) is 5.82 Å². The molecule has 0 spiro atoms. The van der Waals surface area contributed by atoms with Gasteiger partial charge >= 0.3 is 0 Å². The number of rotatable bonds is 4. The van der Waals surface area contributed by atoms with Crippen molar-refractivity contribution in [2.24, 2.45) is 0 Å². The highest BCUT2D eigenvalue weighted by molar-refractivity contribution is 5.96. The van der Waals surface area contributed by atoms with Crippen molar-refractivity contribution in [3.63, 3.8) is 0 Å². The zero-order valence-corrected chi connectivity index (χ0v) is 16.6. The monoisotopic (exact) mass is 392 g/mol. The van der Waals surface area contributed by atoms with Crippen LogP contribution in [0.25, 0.3) is 11.0 Å². The molecule has 8 heteroatoms. The molecular weight excluding hydrogens is 368 g/mol. The van der Waals surface area contributed by atoms with Gasteiger partial charge < -0.3 is 19.7 Å². The van der Waals surface area contributed by atoms with Crippen LogP contribution in [0, 0.1) is 0 Å². The van der Waals surface area contributed by atoms with E-state index >= 15 is 0 Å². The number of carbonyl (C=O) groups is 1. The molecule has 4 rings (SSSR count). The highest BCUT2D eigenvalue weighted by Gasteiger charge is 2.25. The number of fused-ring (bicyclic) bond motifs is 1. The van der Waals surface area contributed by atoms with E-state index in [0.29, 0.717) is 31.8 Å². The third kappa shape index (κ3) is 4.12. The summed E-state index contributed by atoms with van der Waals surface area (Å²) in [6.07, 6.45) is 3.51. The fraction of sp³-hybridized carbons (Fsp3) is 0.333. The first-order valence-corrected chi connectivity index (χ1v) is 9.63. The maximum atomic E-state index is 12.9. The molecule has 0 atom stereocenters. The van der Waals surface area contributed by atoms with Gasteiger partial charge in [-0.2, -0.15) is 0 Å². The molecule has 1 amide bonds. The Balaban J connectivity index is 1.43. The number of carbonyl (C=O) groups excluding carboxylic acids is 1. The van der Waals surface area contributed by atoms with Crippen LogP contribution in [0.5, 0.6) is 0 Å². The van der Waals surface area contributed by atoms with E-state index in [1.54, 1.807) is 23.2 Å². The summed E-state index contributed by atoms with van der Waals surface area (Å²) in [5, 5.41) is 0.746. The first kappa shape index (κ1) is 19.1. The summed E-state index contributed by atoms with van der Waals surface area (Å²) in [5.41, 5.74) is 1.41. The molecule has 8 nitrogen and oxygen atoms in total. The Morgan fingerprint density at radius 1 is 1.14 bits per heavy atom. The van der Waals surface area contributed by atoms with E-state index in [4.69, 9.17) is 0 Å². The van der Waals surface area contributed by atoms with Gasteiger partial charge in [0.15, 0.2) is 0 Å². The average Bonchev–Trinajstić information content (AvgIpc) is 2.73. The SMILES string of the molecule is CN(C)Cc1ccc(N2CCN(C(=O)c3cc4cccnc4[nH]c3=O)CC2)nc1. The molecule has 1 aliphatic rings. The number of hydrogen-bond acceptors (Lipinski definition) is 6. The molecule has 0 saturated carbocycles. The molecule has 0 aromatic carbocycles. The van der Waals surface area contributed by atoms with Crippen molar-refractivity contribution < 1.29 is 4.79 Å². The van der Waals surface area contributed by atoms with E-state index < -0.39 is 5.56 Å². The number of aromatic amines is 1. The number of piperazine rings is 1. The van der Waals surface area contributed by atoms with Gasteiger partial charge in [-0.25, -0.2) is 9.97 Å². The van der Waals surface area contributed by atoms with Crippen LogP contribution in [0.3, 0.4) is 0 Å². The topological polar surface area (TPSA) is 85.4 Å². The van der Waals surface area contributed by atoms with E-state index in [-0.39, 0.29) is 11.5 Å². The molecule has 1 N–H and O–H groups in total. The molecule has 1 aliphatic heterocycles. The van der Waals surface area contributed by atoms with E-state index in [0.717, 1.165) is 23.3 Å². The van der Waals surface area contributed by atoms with Gasteiger partial charge in [0.05, 0.1) is 0 Å². The number of nitrogens with zero attached hydrogens (tertiary/aromatic N) is 5. The van der Waals surface area contributed by atoms with Gasteiger partial charge in [0.2, 0.25) is 0 Å². The number of H-pyrrole nitrogens is 1. The van der Waals surface area contributed by atoms with Crippen molar-refractivity contribution in [2.45, 2.75) is 6.54 Å². The standard InChI is InChI=1S/C21H24N6O2/c1-25(2)14-15-5-6-18(23-13-15)26-8-10-27(11-9-26)21(29)17-12-16-4-3-7-22-19(16)24-20(17)28/h3-7,12-13H,8-11,14H2,1-2H3,(H,22,24,28). The van der Waals surface area contributed by atoms with Crippen molar-refractivity contribution in [3.05, 3.63) is 64.2 Å². The quantitative estimate of drug-likeness (QED) is 0.721. The van der Waals surface area contributed by atoms with Crippen LogP contribution in [-0.2, 0) is 6.54 Å². The zero-order valence-electron chi connectivity index (χ0n) is 16.6. The van der Waals surface area contributed by atoms with Crippen LogP contribution in [0.15, 0.2) is 47.5 Å². The first-order chi connectivity index (χ1) is 14.0. The second kappa shape index (κ2) is 8.00. The molecule has 0 aliphatic carbocycles. The molecule has 0 bridgehead atoms. The Labute approximate surface area is 168 Å². The average molecular weight is 392 g/mol. The molecule has 3 aromatic heterocycles. The molecule has 0 unspecified atom stereocenters. The van der Waals surface area contributed by atoms with Crippen molar-refractivity contribution in [1.82, 2.24) is 24.8 Å². The Morgan fingerprint density at radius 3 is 2.62 bits per heavy atom. The van der Waals surface area contributed by atoms with Gasteiger partial charge in [-0.1, -0.05) is 6.07 Å². The Bertz CT molecular complexity index is 1070. The molecular formula is C21H24N6O2. The molecule has 3 aromatic rings. The van der Waals surface area contributed by atoms with Gasteiger partial charge in [0, 0.05) is 50.5 Å². The van der Waals surface area contributed by atoms with Gasteiger partial charge in [-0.15, -0.1) is 0 Å². The highest BCUT2D eigenvalue weighted by atomic mass is 16.2. The lowest BCUT2D eigenvalue weighted by Gasteiger charge is -2.35. The van der Waals surface area contributed by atoms with Crippen LogP contribution in [0.2, 0.25) is 0 Å². The predicted molar refractivity (Wildman–Crippen MR) is 112 cm³/mol. The lowest BCUT2D eigenvalue weighted by atomic mass is 10.1. The lowest BCUT2D eigenvalue weighted by molar-refractivity contribution is 0.0745. The number of amides is 1. The summed E-state index contributed by atoms with van der Waals surface area (Å²) in [6, 6.07) is 9.35. The van der Waals surface area contributed by atoms with E-state index in [2.05, 4.69) is 30.8 Å². The minimum atomic E-state index is -0.401. The van der Waals surface area contributed by atoms with Crippen molar-refractivity contribution >= 4 is 22.8 Å².